The molecule has 116 valence electrons. The van der Waals surface area contributed by atoms with Crippen LogP contribution in [0.15, 0.2) is 59.7 Å². The lowest BCUT2D eigenvalue weighted by atomic mass is 10.2. The zero-order chi connectivity index (χ0) is 16.1. The van der Waals surface area contributed by atoms with Gasteiger partial charge >= 0.3 is 0 Å². The fourth-order valence-electron chi connectivity index (χ4n) is 1.97. The normalized spacial score (nSPS) is 10.9. The summed E-state index contributed by atoms with van der Waals surface area (Å²) in [5.41, 5.74) is 3.00. The first-order valence-electron chi connectivity index (χ1n) is 7.14. The third-order valence-corrected chi connectivity index (χ3v) is 3.21. The molecule has 1 heterocycles. The molecule has 2 aromatic carbocycles. The van der Waals surface area contributed by atoms with Gasteiger partial charge in [0.05, 0.1) is 6.21 Å². The fraction of sp³-hybridized carbons (Fsp3) is 0.125. The van der Waals surface area contributed by atoms with Crippen molar-refractivity contribution in [1.82, 2.24) is 20.3 Å². The van der Waals surface area contributed by atoms with Crippen LogP contribution in [0.1, 0.15) is 5.56 Å². The lowest BCUT2D eigenvalue weighted by Crippen LogP contribution is -2.08. The lowest BCUT2D eigenvalue weighted by Gasteiger charge is -2.11. The van der Waals surface area contributed by atoms with E-state index in [-0.39, 0.29) is 0 Å². The average molecular weight is 307 g/mol. The van der Waals surface area contributed by atoms with Crippen molar-refractivity contribution in [1.29, 1.82) is 0 Å². The number of tetrazole rings is 1. The predicted octanol–water partition coefficient (Wildman–Crippen LogP) is 2.36. The van der Waals surface area contributed by atoms with Gasteiger partial charge in [-0.15, -0.1) is 0 Å². The molecule has 0 atom stereocenters. The molecule has 0 spiro atoms. The van der Waals surface area contributed by atoms with Crippen molar-refractivity contribution in [2.45, 2.75) is 0 Å². The highest BCUT2D eigenvalue weighted by molar-refractivity contribution is 5.80. The summed E-state index contributed by atoms with van der Waals surface area (Å²) in [5.74, 6) is 0.456. The minimum Gasteiger partial charge on any atom is -0.378 e. The maximum absolute atomic E-state index is 4.29. The Morgan fingerprint density at radius 1 is 1.04 bits per heavy atom. The molecule has 1 N–H and O–H groups in total. The van der Waals surface area contributed by atoms with E-state index in [0.717, 1.165) is 16.9 Å². The summed E-state index contributed by atoms with van der Waals surface area (Å²) >= 11 is 0. The molecule has 0 saturated carbocycles. The Bertz CT molecular complexity index is 776. The van der Waals surface area contributed by atoms with Gasteiger partial charge in [0.25, 0.3) is 5.95 Å². The summed E-state index contributed by atoms with van der Waals surface area (Å²) in [7, 11) is 4.01. The quantitative estimate of drug-likeness (QED) is 0.733. The summed E-state index contributed by atoms with van der Waals surface area (Å²) in [4.78, 5) is 3.40. The number of nitrogens with zero attached hydrogens (tertiary/aromatic N) is 6. The second-order valence-corrected chi connectivity index (χ2v) is 5.11. The number of nitrogens with one attached hydrogen (secondary N) is 1. The third-order valence-electron chi connectivity index (χ3n) is 3.21. The number of rotatable bonds is 5. The van der Waals surface area contributed by atoms with Gasteiger partial charge in [0, 0.05) is 25.5 Å². The smallest absolute Gasteiger partial charge is 0.269 e. The summed E-state index contributed by atoms with van der Waals surface area (Å²) in [6.07, 6.45) is 1.71. The number of para-hydroxylation sites is 1. The second kappa shape index (κ2) is 6.69. The van der Waals surface area contributed by atoms with E-state index in [1.807, 2.05) is 73.6 Å². The van der Waals surface area contributed by atoms with E-state index in [2.05, 4.69) is 25.9 Å². The molecule has 1 aromatic heterocycles. The van der Waals surface area contributed by atoms with Crippen molar-refractivity contribution < 1.29 is 0 Å². The van der Waals surface area contributed by atoms with Gasteiger partial charge in [-0.05, 0) is 40.3 Å². The zero-order valence-electron chi connectivity index (χ0n) is 13.0. The predicted molar refractivity (Wildman–Crippen MR) is 91.3 cm³/mol. The van der Waals surface area contributed by atoms with E-state index in [0.29, 0.717) is 5.95 Å². The monoisotopic (exact) mass is 307 g/mol. The molecule has 0 unspecified atom stereocenters. The maximum Gasteiger partial charge on any atom is 0.269 e. The van der Waals surface area contributed by atoms with Gasteiger partial charge in [-0.1, -0.05) is 40.2 Å². The van der Waals surface area contributed by atoms with Crippen molar-refractivity contribution >= 4 is 23.5 Å². The van der Waals surface area contributed by atoms with Crippen molar-refractivity contribution in [2.24, 2.45) is 5.10 Å². The van der Waals surface area contributed by atoms with Crippen LogP contribution in [-0.4, -0.2) is 40.6 Å². The van der Waals surface area contributed by atoms with Gasteiger partial charge in [-0.3, -0.25) is 0 Å². The Labute approximate surface area is 134 Å². The van der Waals surface area contributed by atoms with Crippen LogP contribution in [0.5, 0.6) is 0 Å². The number of benzene rings is 2. The first kappa shape index (κ1) is 14.7. The van der Waals surface area contributed by atoms with Gasteiger partial charge in [-0.25, -0.2) is 0 Å². The molecule has 0 amide bonds. The van der Waals surface area contributed by atoms with E-state index in [9.17, 15) is 0 Å². The maximum atomic E-state index is 4.29. The van der Waals surface area contributed by atoms with Crippen LogP contribution in [0.2, 0.25) is 0 Å². The van der Waals surface area contributed by atoms with E-state index >= 15 is 0 Å². The minimum absolute atomic E-state index is 0.456. The summed E-state index contributed by atoms with van der Waals surface area (Å²) in [5, 5.41) is 18.8. The Morgan fingerprint density at radius 3 is 2.48 bits per heavy atom. The van der Waals surface area contributed by atoms with Crippen LogP contribution in [0.25, 0.3) is 0 Å². The molecule has 0 aliphatic heterocycles. The molecular weight excluding hydrogens is 290 g/mol. The Kier molecular flexibility index (Phi) is 4.28. The van der Waals surface area contributed by atoms with Gasteiger partial charge < -0.3 is 10.2 Å². The molecule has 0 radical (unpaired) electrons. The summed E-state index contributed by atoms with van der Waals surface area (Å²) in [6, 6.07) is 17.7. The van der Waals surface area contributed by atoms with E-state index in [1.165, 1.54) is 4.79 Å². The minimum atomic E-state index is 0.456. The first-order valence-corrected chi connectivity index (χ1v) is 7.14. The number of aromatic nitrogens is 4. The zero-order valence-corrected chi connectivity index (χ0v) is 13.0. The van der Waals surface area contributed by atoms with Gasteiger partial charge in [0.15, 0.2) is 0 Å². The molecule has 0 aliphatic carbocycles. The third kappa shape index (κ3) is 3.70. The number of hydrogen-bond acceptors (Lipinski definition) is 6. The molecule has 0 fully saturated rings. The highest BCUT2D eigenvalue weighted by Crippen LogP contribution is 2.13. The molecular formula is C16H17N7. The fourth-order valence-corrected chi connectivity index (χ4v) is 1.97. The Morgan fingerprint density at radius 2 is 1.78 bits per heavy atom. The van der Waals surface area contributed by atoms with Crippen LogP contribution < -0.4 is 10.2 Å². The van der Waals surface area contributed by atoms with Crippen molar-refractivity contribution in [3.63, 3.8) is 0 Å². The van der Waals surface area contributed by atoms with E-state index in [4.69, 9.17) is 0 Å². The van der Waals surface area contributed by atoms with Gasteiger partial charge in [0.2, 0.25) is 0 Å². The second-order valence-electron chi connectivity index (χ2n) is 5.11. The number of anilines is 3. The molecule has 0 saturated heterocycles. The van der Waals surface area contributed by atoms with Crippen LogP contribution in [0.4, 0.5) is 17.3 Å². The van der Waals surface area contributed by atoms with E-state index < -0.39 is 0 Å². The number of hydrogen-bond donors (Lipinski definition) is 1. The van der Waals surface area contributed by atoms with Crippen LogP contribution in [-0.2, 0) is 0 Å². The average Bonchev–Trinajstić information content (AvgIpc) is 3.01. The van der Waals surface area contributed by atoms with Crippen molar-refractivity contribution in [3.05, 3.63) is 60.2 Å². The van der Waals surface area contributed by atoms with Crippen molar-refractivity contribution in [2.75, 3.05) is 24.3 Å². The van der Waals surface area contributed by atoms with Gasteiger partial charge in [-0.2, -0.15) is 5.10 Å². The SMILES string of the molecule is CN(C)c1ccc(C=Nn2nnnc2Nc2ccccc2)cc1. The standard InChI is InChI=1S/C16H17N7/c1-22(2)15-10-8-13(9-11-15)12-17-23-16(19-20-21-23)18-14-6-4-3-5-7-14/h3-12H,1-2H3,(H,18,19,21). The summed E-state index contributed by atoms with van der Waals surface area (Å²) < 4.78 is 0. The molecule has 0 aliphatic rings. The van der Waals surface area contributed by atoms with Crippen LogP contribution >= 0.6 is 0 Å². The summed E-state index contributed by atoms with van der Waals surface area (Å²) in [6.45, 7) is 0. The molecule has 3 rings (SSSR count). The van der Waals surface area contributed by atoms with Crippen molar-refractivity contribution in [3.8, 4) is 0 Å². The molecule has 7 nitrogen and oxygen atoms in total. The molecule has 7 heteroatoms. The molecule has 3 aromatic rings. The largest absolute Gasteiger partial charge is 0.378 e. The topological polar surface area (TPSA) is 71.2 Å². The van der Waals surface area contributed by atoms with E-state index in [1.54, 1.807) is 6.21 Å². The molecule has 0 bridgehead atoms. The highest BCUT2D eigenvalue weighted by Gasteiger charge is 2.04. The Balaban J connectivity index is 1.74. The van der Waals surface area contributed by atoms with Gasteiger partial charge in [0.1, 0.15) is 0 Å². The van der Waals surface area contributed by atoms with Crippen LogP contribution in [0, 0.1) is 0 Å². The Hall–Kier alpha value is -3.22. The first-order chi connectivity index (χ1) is 11.2. The highest BCUT2D eigenvalue weighted by atomic mass is 15.7. The molecule has 23 heavy (non-hydrogen) atoms. The lowest BCUT2D eigenvalue weighted by molar-refractivity contribution is 0.699. The van der Waals surface area contributed by atoms with Crippen LogP contribution in [0.3, 0.4) is 0 Å².